The summed E-state index contributed by atoms with van der Waals surface area (Å²) in [6.45, 7) is 7.30. The van der Waals surface area contributed by atoms with Gasteiger partial charge in [0.05, 0.1) is 6.04 Å². The van der Waals surface area contributed by atoms with Crippen LogP contribution in [-0.4, -0.2) is 14.8 Å². The smallest absolute Gasteiger partial charge is 0.138 e. The molecule has 0 radical (unpaired) electrons. The third-order valence-corrected chi connectivity index (χ3v) is 3.27. The van der Waals surface area contributed by atoms with Gasteiger partial charge < -0.3 is 0 Å². The largest absolute Gasteiger partial charge is 0.271 e. The van der Waals surface area contributed by atoms with Crippen molar-refractivity contribution >= 4 is 0 Å². The van der Waals surface area contributed by atoms with Gasteiger partial charge in [0, 0.05) is 13.0 Å². The molecule has 0 saturated carbocycles. The van der Waals surface area contributed by atoms with Crippen LogP contribution in [0.3, 0.4) is 0 Å². The fourth-order valence-electron chi connectivity index (χ4n) is 2.29. The van der Waals surface area contributed by atoms with E-state index in [4.69, 9.17) is 5.84 Å². The molecule has 0 spiro atoms. The highest BCUT2D eigenvalue weighted by molar-refractivity contribution is 5.25. The summed E-state index contributed by atoms with van der Waals surface area (Å²) in [4.78, 5) is 4.36. The SMILES string of the molecule is Cc1cccc(C(Cc2ncnn2CC(C)C)NN)c1. The predicted octanol–water partition coefficient (Wildman–Crippen LogP) is 1.99. The van der Waals surface area contributed by atoms with Gasteiger partial charge in [0.25, 0.3) is 0 Å². The second-order valence-corrected chi connectivity index (χ2v) is 5.59. The van der Waals surface area contributed by atoms with E-state index in [1.807, 2.05) is 10.7 Å². The number of nitrogens with two attached hydrogens (primary N) is 1. The van der Waals surface area contributed by atoms with E-state index in [1.54, 1.807) is 6.33 Å². The number of hydrazine groups is 1. The summed E-state index contributed by atoms with van der Waals surface area (Å²) in [5.74, 6) is 7.22. The topological polar surface area (TPSA) is 68.8 Å². The zero-order valence-corrected chi connectivity index (χ0v) is 12.4. The maximum Gasteiger partial charge on any atom is 0.138 e. The van der Waals surface area contributed by atoms with Crippen molar-refractivity contribution in [2.45, 2.75) is 39.8 Å². The van der Waals surface area contributed by atoms with Crippen molar-refractivity contribution in [1.82, 2.24) is 20.2 Å². The molecule has 0 fully saturated rings. The number of aromatic nitrogens is 3. The van der Waals surface area contributed by atoms with Crippen molar-refractivity contribution in [2.24, 2.45) is 11.8 Å². The summed E-state index contributed by atoms with van der Waals surface area (Å²) in [5, 5.41) is 4.29. The van der Waals surface area contributed by atoms with E-state index in [-0.39, 0.29) is 6.04 Å². The van der Waals surface area contributed by atoms with Gasteiger partial charge in [-0.05, 0) is 18.4 Å². The van der Waals surface area contributed by atoms with Gasteiger partial charge in [0.2, 0.25) is 0 Å². The monoisotopic (exact) mass is 273 g/mol. The standard InChI is InChI=1S/C15H23N5/c1-11(2)9-20-15(17-10-18-20)8-14(19-16)13-6-4-5-12(3)7-13/h4-7,10-11,14,19H,8-9,16H2,1-3H3. The molecule has 0 saturated heterocycles. The summed E-state index contributed by atoms with van der Waals surface area (Å²) >= 11 is 0. The number of benzene rings is 1. The number of hydrogen-bond donors (Lipinski definition) is 2. The average molecular weight is 273 g/mol. The Morgan fingerprint density at radius 3 is 2.80 bits per heavy atom. The molecule has 2 rings (SSSR count). The van der Waals surface area contributed by atoms with E-state index in [2.05, 4.69) is 54.5 Å². The van der Waals surface area contributed by atoms with Crippen LogP contribution in [-0.2, 0) is 13.0 Å². The lowest BCUT2D eigenvalue weighted by Crippen LogP contribution is -2.30. The lowest BCUT2D eigenvalue weighted by atomic mass is 10.0. The lowest BCUT2D eigenvalue weighted by molar-refractivity contribution is 0.446. The van der Waals surface area contributed by atoms with E-state index in [1.165, 1.54) is 11.1 Å². The molecule has 1 heterocycles. The molecule has 5 heteroatoms. The molecule has 0 amide bonds. The van der Waals surface area contributed by atoms with Crippen LogP contribution in [0.5, 0.6) is 0 Å². The molecule has 3 N–H and O–H groups in total. The maximum absolute atomic E-state index is 5.72. The fraction of sp³-hybridized carbons (Fsp3) is 0.467. The second-order valence-electron chi connectivity index (χ2n) is 5.59. The van der Waals surface area contributed by atoms with E-state index in [9.17, 15) is 0 Å². The van der Waals surface area contributed by atoms with E-state index < -0.39 is 0 Å². The first-order valence-electron chi connectivity index (χ1n) is 6.99. The Labute approximate surface area is 120 Å². The highest BCUT2D eigenvalue weighted by Gasteiger charge is 2.15. The Morgan fingerprint density at radius 1 is 1.35 bits per heavy atom. The van der Waals surface area contributed by atoms with Crippen LogP contribution in [0.25, 0.3) is 0 Å². The summed E-state index contributed by atoms with van der Waals surface area (Å²) in [5.41, 5.74) is 5.28. The third-order valence-electron chi connectivity index (χ3n) is 3.27. The first-order valence-corrected chi connectivity index (χ1v) is 6.99. The number of nitrogens with one attached hydrogen (secondary N) is 1. The van der Waals surface area contributed by atoms with Crippen molar-refractivity contribution in [1.29, 1.82) is 0 Å². The molecule has 1 aromatic heterocycles. The molecule has 0 aliphatic carbocycles. The number of nitrogens with zero attached hydrogens (tertiary/aromatic N) is 3. The summed E-state index contributed by atoms with van der Waals surface area (Å²) in [7, 11) is 0. The van der Waals surface area contributed by atoms with Crippen LogP contribution < -0.4 is 11.3 Å². The van der Waals surface area contributed by atoms with Crippen LogP contribution in [0.4, 0.5) is 0 Å². The van der Waals surface area contributed by atoms with Crippen LogP contribution in [0.2, 0.25) is 0 Å². The van der Waals surface area contributed by atoms with Crippen LogP contribution >= 0.6 is 0 Å². The maximum atomic E-state index is 5.72. The van der Waals surface area contributed by atoms with Gasteiger partial charge in [-0.15, -0.1) is 0 Å². The Hall–Kier alpha value is -1.72. The molecule has 20 heavy (non-hydrogen) atoms. The summed E-state index contributed by atoms with van der Waals surface area (Å²) < 4.78 is 1.96. The normalized spacial score (nSPS) is 12.8. The Balaban J connectivity index is 2.16. The highest BCUT2D eigenvalue weighted by atomic mass is 15.3. The van der Waals surface area contributed by atoms with Crippen LogP contribution in [0, 0.1) is 12.8 Å². The number of hydrogen-bond acceptors (Lipinski definition) is 4. The van der Waals surface area contributed by atoms with Crippen molar-refractivity contribution in [3.05, 3.63) is 47.5 Å². The van der Waals surface area contributed by atoms with Gasteiger partial charge >= 0.3 is 0 Å². The molecular formula is C15H23N5. The minimum Gasteiger partial charge on any atom is -0.271 e. The van der Waals surface area contributed by atoms with E-state index in [0.717, 1.165) is 18.8 Å². The Bertz CT molecular complexity index is 547. The van der Waals surface area contributed by atoms with Crippen LogP contribution in [0.15, 0.2) is 30.6 Å². The predicted molar refractivity (Wildman–Crippen MR) is 79.8 cm³/mol. The van der Waals surface area contributed by atoms with Crippen LogP contribution in [0.1, 0.15) is 36.8 Å². The van der Waals surface area contributed by atoms with Crippen molar-refractivity contribution < 1.29 is 0 Å². The summed E-state index contributed by atoms with van der Waals surface area (Å²) in [6.07, 6.45) is 2.34. The minimum atomic E-state index is 0.0463. The molecule has 0 aliphatic rings. The average Bonchev–Trinajstić information content (AvgIpc) is 2.82. The molecule has 1 unspecified atom stereocenters. The van der Waals surface area contributed by atoms with Gasteiger partial charge in [-0.2, -0.15) is 5.10 Å². The first-order chi connectivity index (χ1) is 9.60. The van der Waals surface area contributed by atoms with Crippen molar-refractivity contribution in [3.8, 4) is 0 Å². The van der Waals surface area contributed by atoms with Gasteiger partial charge in [0.15, 0.2) is 0 Å². The van der Waals surface area contributed by atoms with Gasteiger partial charge in [-0.3, -0.25) is 11.3 Å². The molecule has 1 atom stereocenters. The van der Waals surface area contributed by atoms with Crippen molar-refractivity contribution in [3.63, 3.8) is 0 Å². The number of aryl methyl sites for hydroxylation is 1. The Kier molecular flexibility index (Phi) is 4.87. The Morgan fingerprint density at radius 2 is 2.15 bits per heavy atom. The molecule has 5 nitrogen and oxygen atoms in total. The molecule has 2 aromatic rings. The molecule has 0 bridgehead atoms. The van der Waals surface area contributed by atoms with Crippen molar-refractivity contribution in [2.75, 3.05) is 0 Å². The molecule has 0 aliphatic heterocycles. The van der Waals surface area contributed by atoms with Gasteiger partial charge in [-0.25, -0.2) is 9.67 Å². The third kappa shape index (κ3) is 3.65. The zero-order valence-electron chi connectivity index (χ0n) is 12.4. The number of rotatable bonds is 6. The minimum absolute atomic E-state index is 0.0463. The molecule has 108 valence electrons. The van der Waals surface area contributed by atoms with Gasteiger partial charge in [0.1, 0.15) is 12.2 Å². The highest BCUT2D eigenvalue weighted by Crippen LogP contribution is 2.18. The van der Waals surface area contributed by atoms with E-state index in [0.29, 0.717) is 5.92 Å². The van der Waals surface area contributed by atoms with E-state index >= 15 is 0 Å². The molecular weight excluding hydrogens is 250 g/mol. The zero-order chi connectivity index (χ0) is 14.5. The quantitative estimate of drug-likeness (QED) is 0.624. The van der Waals surface area contributed by atoms with Gasteiger partial charge in [-0.1, -0.05) is 43.7 Å². The fourth-order valence-corrected chi connectivity index (χ4v) is 2.29. The molecule has 1 aromatic carbocycles. The second kappa shape index (κ2) is 6.63. The first kappa shape index (κ1) is 14.7. The summed E-state index contributed by atoms with van der Waals surface area (Å²) in [6, 6.07) is 8.41. The lowest BCUT2D eigenvalue weighted by Gasteiger charge is -2.17.